The Labute approximate surface area is 73.2 Å². The third-order valence-electron chi connectivity index (χ3n) is 2.02. The maximum Gasteiger partial charge on any atom is 0.126 e. The number of nitrogens with zero attached hydrogens (tertiary/aromatic N) is 3. The van der Waals surface area contributed by atoms with Gasteiger partial charge in [-0.15, -0.1) is 0 Å². The molecule has 0 saturated carbocycles. The highest BCUT2D eigenvalue weighted by atomic mass is 15.3. The minimum atomic E-state index is 0.798. The maximum absolute atomic E-state index is 4.27. The molecule has 0 aliphatic rings. The van der Waals surface area contributed by atoms with Crippen LogP contribution in [0.5, 0.6) is 0 Å². The Balaban J connectivity index is 2.54. The molecule has 0 radical (unpaired) electrons. The summed E-state index contributed by atoms with van der Waals surface area (Å²) in [5, 5.41) is 9.63. The lowest BCUT2D eigenvalue weighted by molar-refractivity contribution is 0.959. The average molecular weight is 173 g/mol. The predicted molar refractivity (Wildman–Crippen MR) is 48.3 cm³/mol. The molecule has 2 aromatic heterocycles. The number of fused-ring (bicyclic) bond motifs is 2. The first-order valence-corrected chi connectivity index (χ1v) is 4.00. The lowest BCUT2D eigenvalue weighted by Gasteiger charge is -1.85. The van der Waals surface area contributed by atoms with Crippen LogP contribution in [0.3, 0.4) is 0 Å². The van der Waals surface area contributed by atoms with Crippen LogP contribution in [0, 0.1) is 6.92 Å². The van der Waals surface area contributed by atoms with Gasteiger partial charge in [-0.1, -0.05) is 0 Å². The van der Waals surface area contributed by atoms with Gasteiger partial charge >= 0.3 is 0 Å². The molecule has 3 aromatic rings. The Morgan fingerprint density at radius 3 is 2.69 bits per heavy atom. The molecule has 0 bridgehead atoms. The van der Waals surface area contributed by atoms with Crippen LogP contribution in [-0.4, -0.2) is 25.4 Å². The molecule has 0 unspecified atom stereocenters. The standard InChI is InChI=1S/C8H7N5/c1-4-9-5-2-7-8(12-13-11-7)3-6(5)10-4/h2-3,11,13H,1H3. The number of aromatic nitrogens is 5. The van der Waals surface area contributed by atoms with Crippen molar-refractivity contribution in [1.82, 2.24) is 25.4 Å². The first kappa shape index (κ1) is 6.59. The zero-order valence-corrected chi connectivity index (χ0v) is 7.00. The van der Waals surface area contributed by atoms with Crippen LogP contribution in [-0.2, 0) is 0 Å². The summed E-state index contributed by atoms with van der Waals surface area (Å²) >= 11 is 0. The third-order valence-corrected chi connectivity index (χ3v) is 2.02. The summed E-state index contributed by atoms with van der Waals surface area (Å²) in [5.74, 6) is 0.798. The second-order valence-electron chi connectivity index (χ2n) is 2.98. The summed E-state index contributed by atoms with van der Waals surface area (Å²) in [5.41, 5.74) is 3.63. The van der Waals surface area contributed by atoms with E-state index >= 15 is 0 Å². The molecule has 0 aliphatic carbocycles. The van der Waals surface area contributed by atoms with Gasteiger partial charge in [0.05, 0.1) is 16.6 Å². The highest BCUT2D eigenvalue weighted by Gasteiger charge is 2.04. The highest BCUT2D eigenvalue weighted by molar-refractivity contribution is 5.90. The van der Waals surface area contributed by atoms with Gasteiger partial charge in [0.1, 0.15) is 11.3 Å². The van der Waals surface area contributed by atoms with Gasteiger partial charge in [0, 0.05) is 0 Å². The number of rotatable bonds is 0. The van der Waals surface area contributed by atoms with Crippen molar-refractivity contribution >= 4 is 22.1 Å². The van der Waals surface area contributed by atoms with Crippen molar-refractivity contribution in [3.63, 3.8) is 0 Å². The van der Waals surface area contributed by atoms with E-state index in [0.29, 0.717) is 0 Å². The summed E-state index contributed by atoms with van der Waals surface area (Å²) in [6.45, 7) is 1.88. The second kappa shape index (κ2) is 2.07. The molecule has 0 fully saturated rings. The first-order chi connectivity index (χ1) is 6.33. The average Bonchev–Trinajstić information content (AvgIpc) is 2.63. The fraction of sp³-hybridized carbons (Fsp3) is 0.125. The zero-order chi connectivity index (χ0) is 8.84. The number of H-pyrrole nitrogens is 2. The molecule has 13 heavy (non-hydrogen) atoms. The monoisotopic (exact) mass is 173 g/mol. The fourth-order valence-corrected chi connectivity index (χ4v) is 1.46. The van der Waals surface area contributed by atoms with E-state index in [1.54, 1.807) is 0 Å². The molecule has 0 spiro atoms. The fourth-order valence-electron chi connectivity index (χ4n) is 1.46. The first-order valence-electron chi connectivity index (χ1n) is 4.00. The summed E-state index contributed by atoms with van der Waals surface area (Å²) in [6, 6.07) is 3.85. The van der Waals surface area contributed by atoms with Gasteiger partial charge in [-0.2, -0.15) is 5.10 Å². The molecule has 0 saturated heterocycles. The van der Waals surface area contributed by atoms with Crippen LogP contribution in [0.25, 0.3) is 22.1 Å². The van der Waals surface area contributed by atoms with Gasteiger partial charge in [-0.25, -0.2) is 15.2 Å². The molecule has 5 nitrogen and oxygen atoms in total. The van der Waals surface area contributed by atoms with E-state index in [0.717, 1.165) is 27.9 Å². The van der Waals surface area contributed by atoms with Crippen LogP contribution < -0.4 is 0 Å². The van der Waals surface area contributed by atoms with E-state index in [-0.39, 0.29) is 0 Å². The topological polar surface area (TPSA) is 70.2 Å². The van der Waals surface area contributed by atoms with Gasteiger partial charge in [0.25, 0.3) is 0 Å². The van der Waals surface area contributed by atoms with Gasteiger partial charge in [-0.3, -0.25) is 5.10 Å². The largest absolute Gasteiger partial charge is 0.283 e. The Morgan fingerprint density at radius 2 is 1.85 bits per heavy atom. The Bertz CT molecular complexity index is 528. The van der Waals surface area contributed by atoms with Crippen molar-refractivity contribution < 1.29 is 0 Å². The normalized spacial score (nSPS) is 11.5. The Hall–Kier alpha value is -1.91. The van der Waals surface area contributed by atoms with Crippen molar-refractivity contribution in [2.75, 3.05) is 0 Å². The SMILES string of the molecule is Cc1nc2cc3n[nH][nH]c3cc2n1. The molecule has 3 rings (SSSR count). The van der Waals surface area contributed by atoms with E-state index < -0.39 is 0 Å². The molecule has 5 heteroatoms. The van der Waals surface area contributed by atoms with E-state index in [4.69, 9.17) is 0 Å². The summed E-state index contributed by atoms with van der Waals surface area (Å²) in [7, 11) is 0. The van der Waals surface area contributed by atoms with Crippen LogP contribution in [0.4, 0.5) is 0 Å². The smallest absolute Gasteiger partial charge is 0.126 e. The molecule has 1 aromatic carbocycles. The number of benzene rings is 1. The van der Waals surface area contributed by atoms with Gasteiger partial charge in [-0.05, 0) is 19.1 Å². The summed E-state index contributed by atoms with van der Waals surface area (Å²) < 4.78 is 0. The van der Waals surface area contributed by atoms with Crippen molar-refractivity contribution in [3.8, 4) is 0 Å². The van der Waals surface area contributed by atoms with Crippen LogP contribution >= 0.6 is 0 Å². The van der Waals surface area contributed by atoms with Gasteiger partial charge in [0.15, 0.2) is 0 Å². The van der Waals surface area contributed by atoms with Crippen molar-refractivity contribution in [3.05, 3.63) is 18.0 Å². The number of hydrogen-bond acceptors (Lipinski definition) is 3. The number of aromatic amines is 2. The Morgan fingerprint density at radius 1 is 1.08 bits per heavy atom. The molecular formula is C8H7N5. The van der Waals surface area contributed by atoms with E-state index in [1.165, 1.54) is 0 Å². The molecule has 0 aliphatic heterocycles. The number of aryl methyl sites for hydroxylation is 1. The van der Waals surface area contributed by atoms with E-state index in [9.17, 15) is 0 Å². The highest BCUT2D eigenvalue weighted by Crippen LogP contribution is 2.17. The van der Waals surface area contributed by atoms with E-state index in [1.807, 2.05) is 19.1 Å². The maximum atomic E-state index is 4.27. The van der Waals surface area contributed by atoms with Crippen molar-refractivity contribution in [2.24, 2.45) is 0 Å². The number of hydrogen-bond donors (Lipinski definition) is 2. The van der Waals surface area contributed by atoms with Crippen LogP contribution in [0.15, 0.2) is 12.1 Å². The van der Waals surface area contributed by atoms with Gasteiger partial charge < -0.3 is 0 Å². The molecule has 64 valence electrons. The molecular weight excluding hydrogens is 166 g/mol. The second-order valence-corrected chi connectivity index (χ2v) is 2.98. The van der Waals surface area contributed by atoms with Crippen LogP contribution in [0.1, 0.15) is 5.82 Å². The minimum Gasteiger partial charge on any atom is -0.283 e. The quantitative estimate of drug-likeness (QED) is 0.535. The predicted octanol–water partition coefficient (Wildman–Crippen LogP) is 1.14. The van der Waals surface area contributed by atoms with Crippen molar-refractivity contribution in [1.29, 1.82) is 0 Å². The van der Waals surface area contributed by atoms with E-state index in [2.05, 4.69) is 25.4 Å². The molecule has 0 amide bonds. The third kappa shape index (κ3) is 0.837. The minimum absolute atomic E-state index is 0.798. The zero-order valence-electron chi connectivity index (χ0n) is 7.00. The molecule has 2 N–H and O–H groups in total. The lowest BCUT2D eigenvalue weighted by atomic mass is 10.3. The molecule has 0 atom stereocenters. The van der Waals surface area contributed by atoms with Crippen LogP contribution in [0.2, 0.25) is 0 Å². The van der Waals surface area contributed by atoms with Crippen molar-refractivity contribution in [2.45, 2.75) is 6.92 Å². The van der Waals surface area contributed by atoms with Gasteiger partial charge in [0.2, 0.25) is 0 Å². The lowest BCUT2D eigenvalue weighted by Crippen LogP contribution is -1.71. The summed E-state index contributed by atoms with van der Waals surface area (Å²) in [6.07, 6.45) is 0. The number of imidazole rings is 1. The number of nitrogens with one attached hydrogen (secondary N) is 2. The molecule has 2 heterocycles. The Kier molecular flexibility index (Phi) is 1.05. The summed E-state index contributed by atoms with van der Waals surface area (Å²) in [4.78, 5) is 8.53.